The maximum absolute atomic E-state index is 14.0. The quantitative estimate of drug-likeness (QED) is 0.249. The summed E-state index contributed by atoms with van der Waals surface area (Å²) in [5.74, 6) is -0.0734. The molecule has 0 radical (unpaired) electrons. The van der Waals surface area contributed by atoms with Crippen molar-refractivity contribution in [3.63, 3.8) is 0 Å². The third kappa shape index (κ3) is 6.75. The third-order valence-corrected chi connectivity index (χ3v) is 6.75. The predicted molar refractivity (Wildman–Crippen MR) is 155 cm³/mol. The zero-order valence-electron chi connectivity index (χ0n) is 23.2. The van der Waals surface area contributed by atoms with Crippen LogP contribution in [0.15, 0.2) is 89.5 Å². The van der Waals surface area contributed by atoms with E-state index in [9.17, 15) is 19.5 Å². The normalized spacial score (nSPS) is 10.6. The van der Waals surface area contributed by atoms with E-state index in [1.54, 1.807) is 88.0 Å². The van der Waals surface area contributed by atoms with Crippen LogP contribution in [-0.4, -0.2) is 62.1 Å². The minimum atomic E-state index is -1.00. The summed E-state index contributed by atoms with van der Waals surface area (Å²) in [4.78, 5) is 41.8. The molecule has 0 aliphatic heterocycles. The van der Waals surface area contributed by atoms with Crippen LogP contribution >= 0.6 is 0 Å². The lowest BCUT2D eigenvalue weighted by atomic mass is 9.94. The second kappa shape index (κ2) is 13.3. The van der Waals surface area contributed by atoms with E-state index in [1.165, 1.54) is 16.1 Å². The molecule has 0 unspecified atom stereocenters. The Morgan fingerprint density at radius 2 is 1.41 bits per heavy atom. The first kappa shape index (κ1) is 28.9. The van der Waals surface area contributed by atoms with Gasteiger partial charge in [-0.25, -0.2) is 0 Å². The predicted octanol–water partition coefficient (Wildman–Crippen LogP) is 5.40. The number of aliphatic carboxylic acids is 1. The zero-order valence-corrected chi connectivity index (χ0v) is 23.2. The first-order valence-corrected chi connectivity index (χ1v) is 13.1. The van der Waals surface area contributed by atoms with Crippen LogP contribution in [0.1, 0.15) is 32.7 Å². The summed E-state index contributed by atoms with van der Waals surface area (Å²) in [7, 11) is 4.73. The third-order valence-electron chi connectivity index (χ3n) is 6.75. The summed E-state index contributed by atoms with van der Waals surface area (Å²) in [5, 5.41) is 9.37. The molecule has 9 heteroatoms. The number of ether oxygens (including phenoxy) is 2. The van der Waals surface area contributed by atoms with Gasteiger partial charge in [0, 0.05) is 37.3 Å². The van der Waals surface area contributed by atoms with Gasteiger partial charge in [0.15, 0.2) is 11.5 Å². The fraction of sp³-hybridized carbons (Fsp3) is 0.219. The average Bonchev–Trinajstić information content (AvgIpc) is 3.55. The van der Waals surface area contributed by atoms with Crippen LogP contribution in [0.4, 0.5) is 5.88 Å². The van der Waals surface area contributed by atoms with Crippen molar-refractivity contribution in [2.75, 3.05) is 39.3 Å². The molecule has 0 saturated carbocycles. The first-order chi connectivity index (χ1) is 19.8. The van der Waals surface area contributed by atoms with Crippen LogP contribution in [0, 0.1) is 0 Å². The fourth-order valence-electron chi connectivity index (χ4n) is 4.57. The number of carbonyl (C=O) groups excluding carboxylic acids is 2. The monoisotopic (exact) mass is 556 g/mol. The highest BCUT2D eigenvalue weighted by atomic mass is 16.5. The lowest BCUT2D eigenvalue weighted by Gasteiger charge is -2.24. The number of methoxy groups -OCH3 is 2. The smallest absolute Gasteiger partial charge is 0.305 e. The summed E-state index contributed by atoms with van der Waals surface area (Å²) in [6.45, 7) is 0.301. The molecule has 0 aliphatic rings. The van der Waals surface area contributed by atoms with Gasteiger partial charge in [0.25, 0.3) is 11.8 Å². The van der Waals surface area contributed by atoms with E-state index in [0.717, 1.165) is 5.56 Å². The Kier molecular flexibility index (Phi) is 9.42. The van der Waals surface area contributed by atoms with Gasteiger partial charge in [0.05, 0.1) is 26.9 Å². The molecule has 41 heavy (non-hydrogen) atoms. The van der Waals surface area contributed by atoms with Crippen molar-refractivity contribution in [2.45, 2.75) is 12.8 Å². The summed E-state index contributed by atoms with van der Waals surface area (Å²) >= 11 is 0. The highest BCUT2D eigenvalue weighted by Crippen LogP contribution is 2.31. The van der Waals surface area contributed by atoms with Crippen molar-refractivity contribution in [3.05, 3.63) is 102 Å². The minimum Gasteiger partial charge on any atom is -0.493 e. The number of nitrogens with zero attached hydrogens (tertiary/aromatic N) is 2. The Morgan fingerprint density at radius 3 is 2.00 bits per heavy atom. The number of carboxylic acids is 1. The van der Waals surface area contributed by atoms with Gasteiger partial charge >= 0.3 is 5.97 Å². The van der Waals surface area contributed by atoms with Gasteiger partial charge in [-0.05, 0) is 53.4 Å². The Labute approximate surface area is 238 Å². The molecule has 0 spiro atoms. The molecule has 0 aliphatic carbocycles. The van der Waals surface area contributed by atoms with Crippen molar-refractivity contribution in [1.82, 2.24) is 4.90 Å². The SMILES string of the molecule is COc1ccc(CCN(CCC(=O)O)C(=O)c2ccccc2-c2ccccc2C(=O)N(C)c2ccco2)cc1OC. The van der Waals surface area contributed by atoms with E-state index >= 15 is 0 Å². The average molecular weight is 557 g/mol. The summed E-state index contributed by atoms with van der Waals surface area (Å²) in [6.07, 6.45) is 1.76. The number of rotatable bonds is 12. The van der Waals surface area contributed by atoms with Gasteiger partial charge in [-0.15, -0.1) is 0 Å². The summed E-state index contributed by atoms with van der Waals surface area (Å²) in [6, 6.07) is 23.0. The Bertz CT molecular complexity index is 1510. The van der Waals surface area contributed by atoms with Crippen molar-refractivity contribution < 1.29 is 33.4 Å². The van der Waals surface area contributed by atoms with E-state index in [4.69, 9.17) is 13.9 Å². The van der Waals surface area contributed by atoms with Gasteiger partial charge in [-0.1, -0.05) is 42.5 Å². The van der Waals surface area contributed by atoms with E-state index in [-0.39, 0.29) is 31.3 Å². The molecule has 212 valence electrons. The molecular formula is C32H32N2O7. The minimum absolute atomic E-state index is 0.0254. The van der Waals surface area contributed by atoms with Crippen molar-refractivity contribution in [2.24, 2.45) is 0 Å². The molecule has 0 fully saturated rings. The van der Waals surface area contributed by atoms with Crippen LogP contribution in [0.25, 0.3) is 11.1 Å². The van der Waals surface area contributed by atoms with Crippen LogP contribution in [0.5, 0.6) is 11.5 Å². The molecule has 0 bridgehead atoms. The number of anilines is 1. The topological polar surface area (TPSA) is 110 Å². The van der Waals surface area contributed by atoms with Crippen LogP contribution in [0.2, 0.25) is 0 Å². The van der Waals surface area contributed by atoms with Gasteiger partial charge in [0.1, 0.15) is 0 Å². The van der Waals surface area contributed by atoms with Crippen LogP contribution < -0.4 is 14.4 Å². The van der Waals surface area contributed by atoms with Crippen LogP contribution in [0.3, 0.4) is 0 Å². The second-order valence-electron chi connectivity index (χ2n) is 9.28. The molecule has 1 N–H and O–H groups in total. The van der Waals surface area contributed by atoms with Gasteiger partial charge in [-0.3, -0.25) is 19.3 Å². The van der Waals surface area contributed by atoms with E-state index in [2.05, 4.69) is 0 Å². The maximum atomic E-state index is 14.0. The fourth-order valence-corrected chi connectivity index (χ4v) is 4.57. The van der Waals surface area contributed by atoms with Crippen molar-refractivity contribution in [1.29, 1.82) is 0 Å². The Hall–Kier alpha value is -5.05. The largest absolute Gasteiger partial charge is 0.493 e. The number of carbonyl (C=O) groups is 3. The summed E-state index contributed by atoms with van der Waals surface area (Å²) < 4.78 is 16.1. The van der Waals surface area contributed by atoms with Crippen molar-refractivity contribution in [3.8, 4) is 22.6 Å². The molecule has 0 saturated heterocycles. The Morgan fingerprint density at radius 1 is 0.780 bits per heavy atom. The number of hydrogen-bond acceptors (Lipinski definition) is 6. The van der Waals surface area contributed by atoms with Gasteiger partial charge in [0.2, 0.25) is 5.88 Å². The molecule has 3 aromatic carbocycles. The number of hydrogen-bond donors (Lipinski definition) is 1. The van der Waals surface area contributed by atoms with E-state index in [1.807, 2.05) is 12.1 Å². The molecular weight excluding hydrogens is 524 g/mol. The highest BCUT2D eigenvalue weighted by Gasteiger charge is 2.24. The van der Waals surface area contributed by atoms with Crippen LogP contribution in [-0.2, 0) is 11.2 Å². The second-order valence-corrected chi connectivity index (χ2v) is 9.28. The molecule has 1 aromatic heterocycles. The molecule has 2 amide bonds. The van der Waals surface area contributed by atoms with E-state index in [0.29, 0.717) is 46.1 Å². The highest BCUT2D eigenvalue weighted by molar-refractivity contribution is 6.11. The van der Waals surface area contributed by atoms with E-state index < -0.39 is 5.97 Å². The molecule has 4 rings (SSSR count). The standard InChI is InChI=1S/C32H32N2O7/c1-33(29-13-8-20-41-29)31(37)25-11-6-4-9-23(25)24-10-5-7-12-26(24)32(38)34(19-17-30(35)36)18-16-22-14-15-27(39-2)28(21-22)40-3/h4-15,20-21H,16-19H2,1-3H3,(H,35,36). The Balaban J connectivity index is 1.66. The van der Waals surface area contributed by atoms with Crippen molar-refractivity contribution >= 4 is 23.7 Å². The maximum Gasteiger partial charge on any atom is 0.305 e. The first-order valence-electron chi connectivity index (χ1n) is 13.1. The molecule has 9 nitrogen and oxygen atoms in total. The number of carboxylic acid groups (broad SMARTS) is 1. The lowest BCUT2D eigenvalue weighted by Crippen LogP contribution is -2.35. The number of furan rings is 1. The van der Waals surface area contributed by atoms with Gasteiger partial charge in [-0.2, -0.15) is 0 Å². The molecule has 1 heterocycles. The summed E-state index contributed by atoms with van der Waals surface area (Å²) in [5.41, 5.74) is 2.82. The van der Waals surface area contributed by atoms with Gasteiger partial charge < -0.3 is 23.9 Å². The number of amides is 2. The lowest BCUT2D eigenvalue weighted by molar-refractivity contribution is -0.137. The number of benzene rings is 3. The molecule has 0 atom stereocenters. The molecule has 4 aromatic rings. The zero-order chi connectivity index (χ0) is 29.4.